The zero-order valence-electron chi connectivity index (χ0n) is 17.6. The zero-order chi connectivity index (χ0) is 22.4. The standard InChI is InChI=1S/C20H15N3O6S2.2Na/c21-17-7-8-19(16-11-12(30(24,25)26)5-6-13(16)17)23-22-18-9-10-20(31(27,28)29)15-4-2-1-3-14(15)18;;/h1-11H,21H2,(H,24,25,26)(H,27,28,29);;/q;2*+1/p-2. The van der Waals surface area contributed by atoms with Crippen LogP contribution in [0, 0.1) is 0 Å². The van der Waals surface area contributed by atoms with E-state index in [0.717, 1.165) is 12.1 Å². The predicted molar refractivity (Wildman–Crippen MR) is 112 cm³/mol. The van der Waals surface area contributed by atoms with Crippen LogP contribution in [0.5, 0.6) is 0 Å². The van der Waals surface area contributed by atoms with Gasteiger partial charge in [0.25, 0.3) is 0 Å². The molecule has 0 unspecified atom stereocenters. The number of hydrogen-bond acceptors (Lipinski definition) is 9. The first-order valence-corrected chi connectivity index (χ1v) is 11.5. The van der Waals surface area contributed by atoms with Crippen LogP contribution in [0.15, 0.2) is 86.7 Å². The summed E-state index contributed by atoms with van der Waals surface area (Å²) >= 11 is 0. The number of nitrogens with two attached hydrogens (primary N) is 1. The van der Waals surface area contributed by atoms with Crippen molar-refractivity contribution in [1.29, 1.82) is 0 Å². The van der Waals surface area contributed by atoms with Crippen LogP contribution in [0.25, 0.3) is 21.5 Å². The minimum absolute atomic E-state index is 0. The molecule has 0 aliphatic rings. The number of nitrogen functional groups attached to an aromatic ring is 1. The van der Waals surface area contributed by atoms with Gasteiger partial charge in [-0.05, 0) is 36.4 Å². The van der Waals surface area contributed by atoms with E-state index in [-0.39, 0.29) is 75.1 Å². The average Bonchev–Trinajstić information content (AvgIpc) is 2.71. The largest absolute Gasteiger partial charge is 1.00 e. The maximum absolute atomic E-state index is 11.5. The van der Waals surface area contributed by atoms with Crippen LogP contribution in [-0.2, 0) is 20.2 Å². The monoisotopic (exact) mass is 501 g/mol. The molecule has 33 heavy (non-hydrogen) atoms. The Morgan fingerprint density at radius 2 is 1.21 bits per heavy atom. The van der Waals surface area contributed by atoms with Gasteiger partial charge in [-0.15, -0.1) is 10.2 Å². The van der Waals surface area contributed by atoms with Gasteiger partial charge in [0, 0.05) is 27.2 Å². The van der Waals surface area contributed by atoms with E-state index < -0.39 is 25.1 Å². The first-order valence-electron chi connectivity index (χ1n) is 8.73. The van der Waals surface area contributed by atoms with Gasteiger partial charge in [0.15, 0.2) is 0 Å². The molecule has 9 nitrogen and oxygen atoms in total. The van der Waals surface area contributed by atoms with Gasteiger partial charge < -0.3 is 14.8 Å². The van der Waals surface area contributed by atoms with E-state index in [0.29, 0.717) is 27.5 Å². The Morgan fingerprint density at radius 1 is 0.636 bits per heavy atom. The summed E-state index contributed by atoms with van der Waals surface area (Å²) in [5.74, 6) is 0. The summed E-state index contributed by atoms with van der Waals surface area (Å²) in [6.07, 6.45) is 0. The van der Waals surface area contributed by atoms with Crippen LogP contribution in [0.3, 0.4) is 0 Å². The summed E-state index contributed by atoms with van der Waals surface area (Å²) in [7, 11) is -9.38. The zero-order valence-corrected chi connectivity index (χ0v) is 23.2. The molecule has 0 amide bonds. The Kier molecular flexibility index (Phi) is 8.85. The minimum atomic E-state index is -4.69. The van der Waals surface area contributed by atoms with E-state index in [1.54, 1.807) is 24.3 Å². The van der Waals surface area contributed by atoms with E-state index in [1.807, 2.05) is 0 Å². The molecule has 4 aromatic carbocycles. The van der Waals surface area contributed by atoms with E-state index in [9.17, 15) is 25.9 Å². The van der Waals surface area contributed by atoms with Crippen LogP contribution < -0.4 is 64.8 Å². The molecule has 2 N–H and O–H groups in total. The summed E-state index contributed by atoms with van der Waals surface area (Å²) in [5, 5.41) is 9.71. The molecule has 0 fully saturated rings. The van der Waals surface area contributed by atoms with Crippen molar-refractivity contribution >= 4 is 58.8 Å². The van der Waals surface area contributed by atoms with Crippen molar-refractivity contribution in [2.45, 2.75) is 9.79 Å². The van der Waals surface area contributed by atoms with Gasteiger partial charge in [0.05, 0.1) is 21.2 Å². The third kappa shape index (κ3) is 5.82. The Bertz CT molecular complexity index is 1610. The van der Waals surface area contributed by atoms with Crippen molar-refractivity contribution in [2.24, 2.45) is 10.2 Å². The van der Waals surface area contributed by atoms with Gasteiger partial charge in [0.2, 0.25) is 0 Å². The number of benzene rings is 4. The smallest absolute Gasteiger partial charge is 0.744 e. The Balaban J connectivity index is 0.00000193. The fourth-order valence-corrected chi connectivity index (χ4v) is 4.43. The van der Waals surface area contributed by atoms with Gasteiger partial charge in [-0.3, -0.25) is 0 Å². The fraction of sp³-hybridized carbons (Fsp3) is 0. The van der Waals surface area contributed by atoms with Crippen molar-refractivity contribution in [3.05, 3.63) is 66.7 Å². The molecule has 0 aliphatic heterocycles. The molecule has 158 valence electrons. The van der Waals surface area contributed by atoms with E-state index in [1.165, 1.54) is 30.3 Å². The second-order valence-electron chi connectivity index (χ2n) is 6.62. The molecule has 13 heteroatoms. The van der Waals surface area contributed by atoms with Gasteiger partial charge in [-0.2, -0.15) is 0 Å². The Labute approximate surface area is 234 Å². The van der Waals surface area contributed by atoms with E-state index in [4.69, 9.17) is 5.73 Å². The van der Waals surface area contributed by atoms with E-state index >= 15 is 0 Å². The van der Waals surface area contributed by atoms with E-state index in [2.05, 4.69) is 10.2 Å². The van der Waals surface area contributed by atoms with Crippen molar-refractivity contribution in [3.8, 4) is 0 Å². The fourth-order valence-electron chi connectivity index (χ4n) is 3.25. The van der Waals surface area contributed by atoms with Gasteiger partial charge in [-0.1, -0.05) is 30.3 Å². The molecule has 0 atom stereocenters. The third-order valence-electron chi connectivity index (χ3n) is 4.68. The van der Waals surface area contributed by atoms with Gasteiger partial charge in [0.1, 0.15) is 20.2 Å². The number of hydrogen-bond donors (Lipinski definition) is 1. The molecular weight excluding hydrogens is 488 g/mol. The molecule has 0 bridgehead atoms. The number of nitrogens with zero attached hydrogens (tertiary/aromatic N) is 2. The second-order valence-corrected chi connectivity index (χ2v) is 9.35. The number of azo groups is 1. The molecule has 0 radical (unpaired) electrons. The van der Waals surface area contributed by atoms with Crippen LogP contribution in [0.1, 0.15) is 0 Å². The predicted octanol–water partition coefficient (Wildman–Crippen LogP) is -2.19. The molecule has 0 aliphatic carbocycles. The van der Waals surface area contributed by atoms with Crippen LogP contribution in [0.2, 0.25) is 0 Å². The molecule has 4 rings (SSSR count). The van der Waals surface area contributed by atoms with Crippen LogP contribution >= 0.6 is 0 Å². The quantitative estimate of drug-likeness (QED) is 0.144. The first-order chi connectivity index (χ1) is 14.6. The van der Waals surface area contributed by atoms with Crippen LogP contribution in [-0.4, -0.2) is 25.9 Å². The van der Waals surface area contributed by atoms with Crippen molar-refractivity contribution < 1.29 is 85.1 Å². The van der Waals surface area contributed by atoms with Crippen LogP contribution in [0.4, 0.5) is 17.1 Å². The Morgan fingerprint density at radius 3 is 1.82 bits per heavy atom. The second kappa shape index (κ2) is 10.5. The van der Waals surface area contributed by atoms with Crippen molar-refractivity contribution in [2.75, 3.05) is 5.73 Å². The molecule has 0 saturated carbocycles. The maximum atomic E-state index is 11.5. The third-order valence-corrected chi connectivity index (χ3v) is 6.41. The minimum Gasteiger partial charge on any atom is -0.744 e. The number of anilines is 1. The molecule has 0 aromatic heterocycles. The summed E-state index contributed by atoms with van der Waals surface area (Å²) < 4.78 is 68.8. The SMILES string of the molecule is Nc1ccc(N=Nc2ccc(S(=O)(=O)[O-])c3ccccc23)c2cc(S(=O)(=O)[O-])ccc12.[Na+].[Na+]. The topological polar surface area (TPSA) is 165 Å². The molecule has 0 spiro atoms. The summed E-state index contributed by atoms with van der Waals surface area (Å²) in [4.78, 5) is -0.803. The normalized spacial score (nSPS) is 11.9. The number of rotatable bonds is 4. The number of fused-ring (bicyclic) bond motifs is 2. The first kappa shape index (κ1) is 27.9. The Hall–Kier alpha value is -1.38. The summed E-state index contributed by atoms with van der Waals surface area (Å²) in [6, 6.07) is 15.7. The molecule has 0 heterocycles. The summed E-state index contributed by atoms with van der Waals surface area (Å²) in [6.45, 7) is 0. The van der Waals surface area contributed by atoms with Gasteiger partial charge in [-0.25, -0.2) is 16.8 Å². The average molecular weight is 501 g/mol. The van der Waals surface area contributed by atoms with Crippen molar-refractivity contribution in [3.63, 3.8) is 0 Å². The van der Waals surface area contributed by atoms with Crippen molar-refractivity contribution in [1.82, 2.24) is 0 Å². The maximum Gasteiger partial charge on any atom is 1.00 e. The molecule has 0 saturated heterocycles. The summed E-state index contributed by atoms with van der Waals surface area (Å²) in [5.41, 5.74) is 6.84. The van der Waals surface area contributed by atoms with Gasteiger partial charge >= 0.3 is 59.1 Å². The molecule has 4 aromatic rings. The molecular formula is C20H13N3Na2O6S2.